The van der Waals surface area contributed by atoms with E-state index in [1.54, 1.807) is 31.1 Å². The second kappa shape index (κ2) is 7.41. The number of nitrogens with zero attached hydrogens (tertiary/aromatic N) is 2. The zero-order chi connectivity index (χ0) is 17.9. The maximum atomic E-state index is 14.4. The number of aromatic nitrogens is 2. The highest BCUT2D eigenvalue weighted by Crippen LogP contribution is 2.47. The molecule has 6 heteroatoms. The average Bonchev–Trinajstić information content (AvgIpc) is 3.11. The summed E-state index contributed by atoms with van der Waals surface area (Å²) in [4.78, 5) is 10.9. The van der Waals surface area contributed by atoms with Crippen LogP contribution in [0.4, 0.5) is 10.1 Å². The number of halogens is 1. The van der Waals surface area contributed by atoms with E-state index in [1.807, 2.05) is 30.5 Å². The molecule has 4 rings (SSSR count). The summed E-state index contributed by atoms with van der Waals surface area (Å²) in [6.07, 6.45) is 4.45. The van der Waals surface area contributed by atoms with Crippen molar-refractivity contribution in [2.24, 2.45) is 0 Å². The molecule has 134 valence electrons. The summed E-state index contributed by atoms with van der Waals surface area (Å²) in [5.41, 5.74) is 1.89. The quantitative estimate of drug-likeness (QED) is 0.717. The molecule has 1 atom stereocenters. The monoisotopic (exact) mass is 369 g/mol. The van der Waals surface area contributed by atoms with Crippen molar-refractivity contribution in [2.45, 2.75) is 23.1 Å². The van der Waals surface area contributed by atoms with E-state index < -0.39 is 0 Å². The highest BCUT2D eigenvalue weighted by Gasteiger charge is 2.26. The number of H-pyrrole nitrogens is 1. The number of aromatic amines is 1. The average molecular weight is 369 g/mol. The zero-order valence-corrected chi connectivity index (χ0v) is 15.3. The fourth-order valence-electron chi connectivity index (χ4n) is 3.27. The Morgan fingerprint density at radius 2 is 2.19 bits per heavy atom. The van der Waals surface area contributed by atoms with Gasteiger partial charge in [-0.1, -0.05) is 18.2 Å². The van der Waals surface area contributed by atoms with Crippen LogP contribution in [-0.2, 0) is 6.54 Å². The standard InChI is InChI=1S/C20H20FN3OS/c1-25-14-6-7-17-19(12-14)26-18(15-4-2-3-5-16(15)21)8-11-24(17)13-20-22-9-10-23-20/h2-7,9-10,12,18H,8,11,13H2,1H3,(H,22,23)/t18-/m0/s1. The van der Waals surface area contributed by atoms with Gasteiger partial charge in [0.15, 0.2) is 0 Å². The molecular weight excluding hydrogens is 349 g/mol. The molecule has 0 spiro atoms. The predicted molar refractivity (Wildman–Crippen MR) is 102 cm³/mol. The number of methoxy groups -OCH3 is 1. The molecule has 2 heterocycles. The van der Waals surface area contributed by atoms with Crippen molar-refractivity contribution < 1.29 is 9.13 Å². The molecule has 0 saturated heterocycles. The largest absolute Gasteiger partial charge is 0.497 e. The maximum absolute atomic E-state index is 14.4. The molecule has 0 radical (unpaired) electrons. The third-order valence-electron chi connectivity index (χ3n) is 4.59. The summed E-state index contributed by atoms with van der Waals surface area (Å²) in [7, 11) is 1.66. The topological polar surface area (TPSA) is 41.1 Å². The van der Waals surface area contributed by atoms with Crippen LogP contribution in [0.25, 0.3) is 0 Å². The summed E-state index contributed by atoms with van der Waals surface area (Å²) in [6, 6.07) is 13.1. The number of anilines is 1. The van der Waals surface area contributed by atoms with E-state index in [-0.39, 0.29) is 11.1 Å². The molecule has 0 fully saturated rings. The number of nitrogens with one attached hydrogen (secondary N) is 1. The minimum absolute atomic E-state index is 0.0589. The van der Waals surface area contributed by atoms with E-state index in [9.17, 15) is 4.39 Å². The molecule has 0 aliphatic carbocycles. The van der Waals surface area contributed by atoms with Gasteiger partial charge in [0.05, 0.1) is 19.3 Å². The van der Waals surface area contributed by atoms with Crippen LogP contribution in [0.15, 0.2) is 59.8 Å². The minimum atomic E-state index is -0.145. The lowest BCUT2D eigenvalue weighted by molar-refractivity contribution is 0.413. The molecule has 1 aliphatic heterocycles. The fourth-order valence-corrected chi connectivity index (χ4v) is 4.62. The molecule has 1 aliphatic rings. The summed E-state index contributed by atoms with van der Waals surface area (Å²) in [5, 5.41) is 0.0589. The van der Waals surface area contributed by atoms with E-state index in [2.05, 4.69) is 20.9 Å². The Morgan fingerprint density at radius 1 is 1.31 bits per heavy atom. The van der Waals surface area contributed by atoms with E-state index in [0.717, 1.165) is 40.7 Å². The smallest absolute Gasteiger partial charge is 0.127 e. The van der Waals surface area contributed by atoms with Crippen molar-refractivity contribution in [1.29, 1.82) is 0 Å². The molecule has 0 saturated carbocycles. The SMILES string of the molecule is COc1ccc2c(c1)S[C@H](c1ccccc1F)CCN2Cc1ncc[nH]1. The highest BCUT2D eigenvalue weighted by atomic mass is 32.2. The number of fused-ring (bicyclic) bond motifs is 1. The van der Waals surface area contributed by atoms with Crippen LogP contribution in [0.3, 0.4) is 0 Å². The third kappa shape index (κ3) is 3.42. The van der Waals surface area contributed by atoms with Crippen molar-refractivity contribution in [3.8, 4) is 5.75 Å². The van der Waals surface area contributed by atoms with Crippen LogP contribution in [0.5, 0.6) is 5.75 Å². The van der Waals surface area contributed by atoms with Gasteiger partial charge in [-0.2, -0.15) is 0 Å². The van der Waals surface area contributed by atoms with Gasteiger partial charge in [-0.05, 0) is 30.7 Å². The van der Waals surface area contributed by atoms with Crippen LogP contribution < -0.4 is 9.64 Å². The maximum Gasteiger partial charge on any atom is 0.127 e. The molecule has 2 aromatic carbocycles. The first kappa shape index (κ1) is 17.0. The number of benzene rings is 2. The van der Waals surface area contributed by atoms with Crippen LogP contribution in [0, 0.1) is 5.82 Å². The molecule has 0 bridgehead atoms. The summed E-state index contributed by atoms with van der Waals surface area (Å²) >= 11 is 1.70. The van der Waals surface area contributed by atoms with Crippen molar-refractivity contribution in [1.82, 2.24) is 9.97 Å². The van der Waals surface area contributed by atoms with Gasteiger partial charge >= 0.3 is 0 Å². The summed E-state index contributed by atoms with van der Waals surface area (Å²) < 4.78 is 19.8. The second-order valence-electron chi connectivity index (χ2n) is 6.21. The third-order valence-corrected chi connectivity index (χ3v) is 5.94. The molecule has 1 N–H and O–H groups in total. The van der Waals surface area contributed by atoms with E-state index in [0.29, 0.717) is 6.54 Å². The van der Waals surface area contributed by atoms with Crippen LogP contribution in [-0.4, -0.2) is 23.6 Å². The minimum Gasteiger partial charge on any atom is -0.497 e. The van der Waals surface area contributed by atoms with Gasteiger partial charge in [-0.15, -0.1) is 11.8 Å². The van der Waals surface area contributed by atoms with Crippen molar-refractivity contribution in [2.75, 3.05) is 18.6 Å². The molecule has 0 unspecified atom stereocenters. The summed E-state index contributed by atoms with van der Waals surface area (Å²) in [6.45, 7) is 1.52. The first-order chi connectivity index (χ1) is 12.7. The normalized spacial score (nSPS) is 16.8. The van der Waals surface area contributed by atoms with E-state index >= 15 is 0 Å². The zero-order valence-electron chi connectivity index (χ0n) is 14.5. The van der Waals surface area contributed by atoms with Crippen LogP contribution >= 0.6 is 11.8 Å². The highest BCUT2D eigenvalue weighted by molar-refractivity contribution is 7.99. The number of hydrogen-bond donors (Lipinski definition) is 1. The molecule has 0 amide bonds. The second-order valence-corrected chi connectivity index (χ2v) is 7.45. The Hall–Kier alpha value is -2.47. The lowest BCUT2D eigenvalue weighted by Crippen LogP contribution is -2.24. The molecule has 4 nitrogen and oxygen atoms in total. The molecule has 3 aromatic rings. The number of hydrogen-bond acceptors (Lipinski definition) is 4. The van der Waals surface area contributed by atoms with Gasteiger partial charge in [0.25, 0.3) is 0 Å². The Balaban J connectivity index is 1.70. The number of imidazole rings is 1. The van der Waals surface area contributed by atoms with E-state index in [1.165, 1.54) is 6.07 Å². The van der Waals surface area contributed by atoms with Gasteiger partial charge in [0.2, 0.25) is 0 Å². The number of thioether (sulfide) groups is 1. The van der Waals surface area contributed by atoms with Crippen molar-refractivity contribution in [3.05, 3.63) is 72.1 Å². The first-order valence-electron chi connectivity index (χ1n) is 8.57. The number of rotatable bonds is 4. The Kier molecular flexibility index (Phi) is 4.84. The summed E-state index contributed by atoms with van der Waals surface area (Å²) in [5.74, 6) is 1.58. The van der Waals surface area contributed by atoms with Gasteiger partial charge in [-0.3, -0.25) is 0 Å². The Morgan fingerprint density at radius 3 is 2.96 bits per heavy atom. The van der Waals surface area contributed by atoms with Gasteiger partial charge < -0.3 is 14.6 Å². The molecule has 26 heavy (non-hydrogen) atoms. The fraction of sp³-hybridized carbons (Fsp3) is 0.250. The Labute approximate surface area is 156 Å². The van der Waals surface area contributed by atoms with Crippen molar-refractivity contribution in [3.63, 3.8) is 0 Å². The van der Waals surface area contributed by atoms with Crippen LogP contribution in [0.1, 0.15) is 23.1 Å². The van der Waals surface area contributed by atoms with Gasteiger partial charge in [0, 0.05) is 34.6 Å². The molecule has 1 aromatic heterocycles. The van der Waals surface area contributed by atoms with E-state index in [4.69, 9.17) is 4.74 Å². The lowest BCUT2D eigenvalue weighted by Gasteiger charge is -2.23. The Bertz CT molecular complexity index is 885. The first-order valence-corrected chi connectivity index (χ1v) is 9.45. The van der Waals surface area contributed by atoms with Crippen molar-refractivity contribution >= 4 is 17.4 Å². The number of ether oxygens (including phenoxy) is 1. The predicted octanol–water partition coefficient (Wildman–Crippen LogP) is 4.80. The van der Waals surface area contributed by atoms with Crippen LogP contribution in [0.2, 0.25) is 0 Å². The van der Waals surface area contributed by atoms with Gasteiger partial charge in [0.1, 0.15) is 17.4 Å². The molecular formula is C20H20FN3OS. The lowest BCUT2D eigenvalue weighted by atomic mass is 10.1. The van der Waals surface area contributed by atoms with Gasteiger partial charge in [-0.25, -0.2) is 9.37 Å².